The zero-order valence-corrected chi connectivity index (χ0v) is 11.0. The fraction of sp³-hybridized carbons (Fsp3) is 0.923. The molecule has 1 aliphatic rings. The van der Waals surface area contributed by atoms with Crippen molar-refractivity contribution in [3.05, 3.63) is 0 Å². The average Bonchev–Trinajstić information content (AvgIpc) is 2.41. The van der Waals surface area contributed by atoms with Gasteiger partial charge in [0.15, 0.2) is 0 Å². The van der Waals surface area contributed by atoms with Gasteiger partial charge in [-0.3, -0.25) is 4.79 Å². The first kappa shape index (κ1) is 13.5. The van der Waals surface area contributed by atoms with Gasteiger partial charge in [-0.05, 0) is 45.7 Å². The number of hydrogen-bond donors (Lipinski definition) is 1. The van der Waals surface area contributed by atoms with Crippen molar-refractivity contribution < 1.29 is 4.79 Å². The van der Waals surface area contributed by atoms with E-state index in [0.29, 0.717) is 24.3 Å². The summed E-state index contributed by atoms with van der Waals surface area (Å²) >= 11 is 0. The van der Waals surface area contributed by atoms with Crippen molar-refractivity contribution in [3.8, 4) is 0 Å². The van der Waals surface area contributed by atoms with E-state index in [9.17, 15) is 4.79 Å². The molecule has 1 heterocycles. The molecule has 1 saturated heterocycles. The minimum absolute atomic E-state index is 0.344. The van der Waals surface area contributed by atoms with Gasteiger partial charge in [0.2, 0.25) is 5.91 Å². The molecule has 0 aromatic heterocycles. The van der Waals surface area contributed by atoms with E-state index in [1.807, 2.05) is 7.05 Å². The summed E-state index contributed by atoms with van der Waals surface area (Å²) in [5, 5.41) is 3.09. The van der Waals surface area contributed by atoms with E-state index < -0.39 is 0 Å². The van der Waals surface area contributed by atoms with Crippen molar-refractivity contribution in [1.29, 1.82) is 0 Å². The van der Waals surface area contributed by atoms with Crippen LogP contribution in [0, 0.1) is 5.92 Å². The van der Waals surface area contributed by atoms with Crippen LogP contribution in [0.3, 0.4) is 0 Å². The van der Waals surface area contributed by atoms with E-state index in [4.69, 9.17) is 0 Å². The number of carbonyl (C=O) groups excluding carboxylic acids is 1. The lowest BCUT2D eigenvalue weighted by Crippen LogP contribution is -2.39. The maximum absolute atomic E-state index is 12.1. The van der Waals surface area contributed by atoms with Crippen molar-refractivity contribution in [2.75, 3.05) is 20.1 Å². The van der Waals surface area contributed by atoms with Crippen molar-refractivity contribution in [3.63, 3.8) is 0 Å². The quantitative estimate of drug-likeness (QED) is 0.744. The number of rotatable bonds is 4. The Morgan fingerprint density at radius 2 is 2.12 bits per heavy atom. The van der Waals surface area contributed by atoms with Gasteiger partial charge in [0.25, 0.3) is 0 Å². The highest BCUT2D eigenvalue weighted by Crippen LogP contribution is 2.21. The van der Waals surface area contributed by atoms with Crippen molar-refractivity contribution in [2.45, 2.75) is 52.0 Å². The van der Waals surface area contributed by atoms with Gasteiger partial charge >= 0.3 is 0 Å². The normalized spacial score (nSPS) is 26.6. The first-order chi connectivity index (χ1) is 7.65. The minimum Gasteiger partial charge on any atom is -0.340 e. The second kappa shape index (κ2) is 6.89. The standard InChI is InChI=1S/C13H26N2O/c1-11-6-4-7-12(2)15(10-11)13(16)8-5-9-14-3/h11-12,14H,4-10H2,1-3H3. The van der Waals surface area contributed by atoms with Crippen LogP contribution < -0.4 is 5.32 Å². The summed E-state index contributed by atoms with van der Waals surface area (Å²) in [4.78, 5) is 14.2. The maximum Gasteiger partial charge on any atom is 0.222 e. The molecule has 3 nitrogen and oxygen atoms in total. The number of likely N-dealkylation sites (tertiary alicyclic amines) is 1. The summed E-state index contributed by atoms with van der Waals surface area (Å²) in [7, 11) is 1.93. The number of hydrogen-bond acceptors (Lipinski definition) is 2. The molecule has 1 amide bonds. The van der Waals surface area contributed by atoms with Crippen LogP contribution >= 0.6 is 0 Å². The highest BCUT2D eigenvalue weighted by Gasteiger charge is 2.24. The van der Waals surface area contributed by atoms with Crippen LogP contribution in [0.2, 0.25) is 0 Å². The van der Waals surface area contributed by atoms with Crippen LogP contribution in [0.25, 0.3) is 0 Å². The van der Waals surface area contributed by atoms with E-state index >= 15 is 0 Å². The van der Waals surface area contributed by atoms with E-state index in [1.165, 1.54) is 19.3 Å². The van der Waals surface area contributed by atoms with E-state index in [-0.39, 0.29) is 0 Å². The predicted molar refractivity (Wildman–Crippen MR) is 67.4 cm³/mol. The van der Waals surface area contributed by atoms with Gasteiger partial charge in [0.05, 0.1) is 0 Å². The molecule has 0 aromatic rings. The van der Waals surface area contributed by atoms with Gasteiger partial charge in [-0.25, -0.2) is 0 Å². The molecule has 3 heteroatoms. The first-order valence-corrected chi connectivity index (χ1v) is 6.59. The largest absolute Gasteiger partial charge is 0.340 e. The molecule has 1 aliphatic heterocycles. The Labute approximate surface area is 99.6 Å². The zero-order chi connectivity index (χ0) is 12.0. The molecule has 1 fully saturated rings. The summed E-state index contributed by atoms with van der Waals surface area (Å²) in [5.41, 5.74) is 0. The fourth-order valence-electron chi connectivity index (χ4n) is 2.43. The fourth-order valence-corrected chi connectivity index (χ4v) is 2.43. The zero-order valence-electron chi connectivity index (χ0n) is 11.0. The van der Waals surface area contributed by atoms with Gasteiger partial charge in [-0.15, -0.1) is 0 Å². The maximum atomic E-state index is 12.1. The van der Waals surface area contributed by atoms with Crippen LogP contribution in [-0.4, -0.2) is 37.0 Å². The highest BCUT2D eigenvalue weighted by molar-refractivity contribution is 5.76. The summed E-state index contributed by atoms with van der Waals surface area (Å²) < 4.78 is 0. The Morgan fingerprint density at radius 3 is 2.81 bits per heavy atom. The molecule has 2 atom stereocenters. The van der Waals surface area contributed by atoms with Gasteiger partial charge in [-0.1, -0.05) is 13.3 Å². The van der Waals surface area contributed by atoms with Gasteiger partial charge in [0, 0.05) is 19.0 Å². The molecule has 0 spiro atoms. The summed E-state index contributed by atoms with van der Waals surface area (Å²) in [6.07, 6.45) is 5.35. The lowest BCUT2D eigenvalue weighted by Gasteiger charge is -2.28. The SMILES string of the molecule is CNCCCC(=O)N1CC(C)CCCC1C. The summed E-state index contributed by atoms with van der Waals surface area (Å²) in [6.45, 7) is 6.34. The van der Waals surface area contributed by atoms with E-state index in [1.54, 1.807) is 0 Å². The Bertz CT molecular complexity index is 218. The van der Waals surface area contributed by atoms with Gasteiger partial charge in [0.1, 0.15) is 0 Å². The third-order valence-electron chi connectivity index (χ3n) is 3.50. The van der Waals surface area contributed by atoms with Crippen molar-refractivity contribution >= 4 is 5.91 Å². The van der Waals surface area contributed by atoms with Crippen LogP contribution in [0.4, 0.5) is 0 Å². The Balaban J connectivity index is 2.44. The molecule has 94 valence electrons. The third-order valence-corrected chi connectivity index (χ3v) is 3.50. The Morgan fingerprint density at radius 1 is 1.38 bits per heavy atom. The van der Waals surface area contributed by atoms with E-state index in [0.717, 1.165) is 19.5 Å². The monoisotopic (exact) mass is 226 g/mol. The van der Waals surface area contributed by atoms with Crippen molar-refractivity contribution in [2.24, 2.45) is 5.92 Å². The van der Waals surface area contributed by atoms with E-state index in [2.05, 4.69) is 24.1 Å². The lowest BCUT2D eigenvalue weighted by molar-refractivity contribution is -0.133. The number of nitrogens with one attached hydrogen (secondary N) is 1. The summed E-state index contributed by atoms with van der Waals surface area (Å²) in [6, 6.07) is 0.437. The third kappa shape index (κ3) is 4.12. The molecular formula is C13H26N2O. The molecule has 1 N–H and O–H groups in total. The second-order valence-electron chi connectivity index (χ2n) is 5.14. The number of nitrogens with zero attached hydrogens (tertiary/aromatic N) is 1. The topological polar surface area (TPSA) is 32.3 Å². The highest BCUT2D eigenvalue weighted by atomic mass is 16.2. The van der Waals surface area contributed by atoms with Gasteiger partial charge in [-0.2, -0.15) is 0 Å². The number of amides is 1. The van der Waals surface area contributed by atoms with Gasteiger partial charge < -0.3 is 10.2 Å². The van der Waals surface area contributed by atoms with Crippen molar-refractivity contribution in [1.82, 2.24) is 10.2 Å². The van der Waals surface area contributed by atoms with Crippen LogP contribution in [0.1, 0.15) is 46.0 Å². The average molecular weight is 226 g/mol. The van der Waals surface area contributed by atoms with Crippen LogP contribution in [-0.2, 0) is 4.79 Å². The molecule has 0 aliphatic carbocycles. The smallest absolute Gasteiger partial charge is 0.222 e. The molecule has 0 radical (unpaired) electrons. The molecular weight excluding hydrogens is 200 g/mol. The Kier molecular flexibility index (Phi) is 5.81. The molecule has 0 saturated carbocycles. The minimum atomic E-state index is 0.344. The molecule has 2 unspecified atom stereocenters. The second-order valence-corrected chi connectivity index (χ2v) is 5.14. The molecule has 1 rings (SSSR count). The first-order valence-electron chi connectivity index (χ1n) is 6.59. The predicted octanol–water partition coefficient (Wildman–Crippen LogP) is 2.02. The molecule has 0 aromatic carbocycles. The van der Waals surface area contributed by atoms with Crippen LogP contribution in [0.15, 0.2) is 0 Å². The molecule has 0 bridgehead atoms. The number of carbonyl (C=O) groups is 1. The Hall–Kier alpha value is -0.570. The lowest BCUT2D eigenvalue weighted by atomic mass is 10.1. The summed E-state index contributed by atoms with van der Waals surface area (Å²) in [5.74, 6) is 1.01. The van der Waals surface area contributed by atoms with Crippen LogP contribution in [0.5, 0.6) is 0 Å². The molecule has 16 heavy (non-hydrogen) atoms.